The minimum Gasteiger partial charge on any atom is -0.485 e. The molecule has 1 atom stereocenters. The molecule has 7 heteroatoms. The molecule has 5 rings (SSSR count). The van der Waals surface area contributed by atoms with Gasteiger partial charge in [-0.2, -0.15) is 5.10 Å². The van der Waals surface area contributed by atoms with Crippen LogP contribution in [0.5, 0.6) is 11.5 Å². The summed E-state index contributed by atoms with van der Waals surface area (Å²) in [7, 11) is 0. The fraction of sp³-hybridized carbons (Fsp3) is 0.105. The summed E-state index contributed by atoms with van der Waals surface area (Å²) in [4.78, 5) is 9.39. The molecule has 1 aliphatic rings. The van der Waals surface area contributed by atoms with E-state index in [4.69, 9.17) is 14.5 Å². The van der Waals surface area contributed by atoms with E-state index in [0.717, 1.165) is 22.3 Å². The Morgan fingerprint density at radius 3 is 2.73 bits per heavy atom. The third kappa shape index (κ3) is 2.59. The van der Waals surface area contributed by atoms with E-state index in [2.05, 4.69) is 20.5 Å². The average molecular weight is 345 g/mol. The molecule has 0 saturated heterocycles. The van der Waals surface area contributed by atoms with Gasteiger partial charge < -0.3 is 14.8 Å². The number of benzene rings is 2. The Morgan fingerprint density at radius 1 is 1.00 bits per heavy atom. The summed E-state index contributed by atoms with van der Waals surface area (Å²) in [6, 6.07) is 15.5. The van der Waals surface area contributed by atoms with Crippen molar-refractivity contribution in [2.45, 2.75) is 6.10 Å². The summed E-state index contributed by atoms with van der Waals surface area (Å²) >= 11 is 0. The van der Waals surface area contributed by atoms with Crippen LogP contribution in [0.25, 0.3) is 10.9 Å². The summed E-state index contributed by atoms with van der Waals surface area (Å²) < 4.78 is 11.9. The number of hydrogen-bond acceptors (Lipinski definition) is 6. The average Bonchev–Trinajstić information content (AvgIpc) is 3.20. The maximum absolute atomic E-state index is 6.06. The summed E-state index contributed by atoms with van der Waals surface area (Å²) in [5, 5.41) is 11.0. The fourth-order valence-corrected chi connectivity index (χ4v) is 2.94. The molecule has 2 N–H and O–H groups in total. The van der Waals surface area contributed by atoms with Gasteiger partial charge in [-0.25, -0.2) is 9.97 Å². The maximum atomic E-state index is 6.06. The number of aromatic amines is 1. The number of hydrogen-bond donors (Lipinski definition) is 2. The predicted molar refractivity (Wildman–Crippen MR) is 96.7 cm³/mol. The first kappa shape index (κ1) is 14.7. The molecule has 0 bridgehead atoms. The molecule has 0 amide bonds. The summed E-state index contributed by atoms with van der Waals surface area (Å²) in [5.74, 6) is 2.71. The van der Waals surface area contributed by atoms with Crippen LogP contribution in [0, 0.1) is 0 Å². The third-order valence-corrected chi connectivity index (χ3v) is 4.18. The van der Waals surface area contributed by atoms with Gasteiger partial charge in [0.2, 0.25) is 0 Å². The molecule has 4 aromatic rings. The largest absolute Gasteiger partial charge is 0.485 e. The predicted octanol–water partition coefficient (Wildman–Crippen LogP) is 3.61. The first-order valence-corrected chi connectivity index (χ1v) is 8.28. The first-order chi connectivity index (χ1) is 12.9. The fourth-order valence-electron chi connectivity index (χ4n) is 2.94. The zero-order valence-electron chi connectivity index (χ0n) is 13.7. The van der Waals surface area contributed by atoms with E-state index in [0.29, 0.717) is 24.0 Å². The zero-order valence-corrected chi connectivity index (χ0v) is 13.7. The van der Waals surface area contributed by atoms with Crippen LogP contribution >= 0.6 is 0 Å². The van der Waals surface area contributed by atoms with Crippen LogP contribution in [0.1, 0.15) is 11.9 Å². The van der Waals surface area contributed by atoms with Crippen molar-refractivity contribution in [1.82, 2.24) is 20.2 Å². The Labute approximate surface area is 149 Å². The van der Waals surface area contributed by atoms with Gasteiger partial charge in [0.25, 0.3) is 0 Å². The number of rotatable bonds is 3. The molecule has 2 aromatic carbocycles. The van der Waals surface area contributed by atoms with Gasteiger partial charge in [-0.1, -0.05) is 24.3 Å². The van der Waals surface area contributed by atoms with E-state index in [-0.39, 0.29) is 6.10 Å². The number of para-hydroxylation sites is 3. The Morgan fingerprint density at radius 2 is 1.85 bits per heavy atom. The SMILES string of the molecule is c1ccc2c(c1)OCC(c1nc(Nc3cn[nH]c3)c3ccccc3n1)O2. The quantitative estimate of drug-likeness (QED) is 0.590. The van der Waals surface area contributed by atoms with Crippen molar-refractivity contribution in [3.8, 4) is 11.5 Å². The molecule has 1 aliphatic heterocycles. The number of aromatic nitrogens is 4. The number of nitrogens with one attached hydrogen (secondary N) is 2. The van der Waals surface area contributed by atoms with Crippen LogP contribution in [-0.2, 0) is 0 Å². The second kappa shape index (κ2) is 6.03. The number of fused-ring (bicyclic) bond motifs is 2. The monoisotopic (exact) mass is 345 g/mol. The van der Waals surface area contributed by atoms with Crippen molar-refractivity contribution in [2.75, 3.05) is 11.9 Å². The Hall–Kier alpha value is -3.61. The molecule has 128 valence electrons. The van der Waals surface area contributed by atoms with Gasteiger partial charge >= 0.3 is 0 Å². The maximum Gasteiger partial charge on any atom is 0.192 e. The van der Waals surface area contributed by atoms with Gasteiger partial charge in [-0.15, -0.1) is 0 Å². The highest BCUT2D eigenvalue weighted by Gasteiger charge is 2.25. The summed E-state index contributed by atoms with van der Waals surface area (Å²) in [5.41, 5.74) is 1.66. The normalized spacial score (nSPS) is 15.8. The van der Waals surface area contributed by atoms with Gasteiger partial charge in [0.1, 0.15) is 12.4 Å². The van der Waals surface area contributed by atoms with E-state index < -0.39 is 0 Å². The lowest BCUT2D eigenvalue weighted by molar-refractivity contribution is 0.0854. The van der Waals surface area contributed by atoms with Crippen molar-refractivity contribution in [2.24, 2.45) is 0 Å². The molecule has 0 spiro atoms. The lowest BCUT2D eigenvalue weighted by atomic mass is 10.2. The van der Waals surface area contributed by atoms with Crippen molar-refractivity contribution in [3.05, 3.63) is 66.7 Å². The van der Waals surface area contributed by atoms with Crippen LogP contribution in [0.4, 0.5) is 11.5 Å². The first-order valence-electron chi connectivity index (χ1n) is 8.28. The smallest absolute Gasteiger partial charge is 0.192 e. The van der Waals surface area contributed by atoms with Gasteiger partial charge in [0.15, 0.2) is 23.4 Å². The van der Waals surface area contributed by atoms with Crippen LogP contribution in [-0.4, -0.2) is 26.8 Å². The Kier molecular flexibility index (Phi) is 3.41. The molecular formula is C19H15N5O2. The highest BCUT2D eigenvalue weighted by Crippen LogP contribution is 2.36. The molecule has 1 unspecified atom stereocenters. The summed E-state index contributed by atoms with van der Waals surface area (Å²) in [6.07, 6.45) is 3.10. The highest BCUT2D eigenvalue weighted by molar-refractivity contribution is 5.90. The topological polar surface area (TPSA) is 85.0 Å². The number of H-pyrrole nitrogens is 1. The van der Waals surface area contributed by atoms with Crippen LogP contribution in [0.15, 0.2) is 60.9 Å². The lowest BCUT2D eigenvalue weighted by Gasteiger charge is -2.25. The Bertz CT molecular complexity index is 1060. The minimum atomic E-state index is -0.376. The molecule has 7 nitrogen and oxygen atoms in total. The van der Waals surface area contributed by atoms with E-state index in [9.17, 15) is 0 Å². The van der Waals surface area contributed by atoms with Crippen molar-refractivity contribution >= 4 is 22.4 Å². The molecular weight excluding hydrogens is 330 g/mol. The lowest BCUT2D eigenvalue weighted by Crippen LogP contribution is -2.23. The molecule has 2 aromatic heterocycles. The van der Waals surface area contributed by atoms with E-state index in [1.165, 1.54) is 0 Å². The van der Waals surface area contributed by atoms with Gasteiger partial charge in [0.05, 0.1) is 17.4 Å². The number of ether oxygens (including phenoxy) is 2. The van der Waals surface area contributed by atoms with Crippen molar-refractivity contribution < 1.29 is 9.47 Å². The zero-order chi connectivity index (χ0) is 17.3. The highest BCUT2D eigenvalue weighted by atomic mass is 16.6. The van der Waals surface area contributed by atoms with Crippen molar-refractivity contribution in [1.29, 1.82) is 0 Å². The van der Waals surface area contributed by atoms with Crippen LogP contribution in [0.3, 0.4) is 0 Å². The van der Waals surface area contributed by atoms with Crippen LogP contribution in [0.2, 0.25) is 0 Å². The standard InChI is InChI=1S/C19H15N5O2/c1-2-6-14-13(5-1)18(22-12-9-20-21-10-12)24-19(23-14)17-11-25-15-7-3-4-8-16(15)26-17/h1-10,17H,11H2,(H,20,21)(H,22,23,24). The molecule has 26 heavy (non-hydrogen) atoms. The van der Waals surface area contributed by atoms with E-state index >= 15 is 0 Å². The van der Waals surface area contributed by atoms with Crippen LogP contribution < -0.4 is 14.8 Å². The molecule has 0 aliphatic carbocycles. The number of anilines is 2. The van der Waals surface area contributed by atoms with Gasteiger partial charge in [0, 0.05) is 11.6 Å². The molecule has 0 fully saturated rings. The Balaban J connectivity index is 1.56. The van der Waals surface area contributed by atoms with Gasteiger partial charge in [-0.05, 0) is 24.3 Å². The second-order valence-corrected chi connectivity index (χ2v) is 5.92. The minimum absolute atomic E-state index is 0.362. The number of nitrogens with zero attached hydrogens (tertiary/aromatic N) is 3. The molecule has 0 radical (unpaired) electrons. The molecule has 0 saturated carbocycles. The van der Waals surface area contributed by atoms with Gasteiger partial charge in [-0.3, -0.25) is 5.10 Å². The van der Waals surface area contributed by atoms with E-state index in [1.54, 1.807) is 12.4 Å². The third-order valence-electron chi connectivity index (χ3n) is 4.18. The van der Waals surface area contributed by atoms with Crippen molar-refractivity contribution in [3.63, 3.8) is 0 Å². The van der Waals surface area contributed by atoms with E-state index in [1.807, 2.05) is 48.5 Å². The second-order valence-electron chi connectivity index (χ2n) is 5.92. The summed E-state index contributed by atoms with van der Waals surface area (Å²) in [6.45, 7) is 0.362. The molecule has 3 heterocycles.